The molecule has 25 heavy (non-hydrogen) atoms. The maximum absolute atomic E-state index is 12.7. The van der Waals surface area contributed by atoms with Gasteiger partial charge in [0.15, 0.2) is 0 Å². The summed E-state index contributed by atoms with van der Waals surface area (Å²) in [6.45, 7) is 7.42. The minimum absolute atomic E-state index is 0.192. The molecule has 1 N–H and O–H groups in total. The first kappa shape index (κ1) is 19.1. The third kappa shape index (κ3) is 4.27. The SMILES string of the molecule is Cc1ccc(S(=O)(=O)N(C)CC(=O)Nc2cccc(C)c2C)cc1C. The van der Waals surface area contributed by atoms with Crippen molar-refractivity contribution in [3.05, 3.63) is 58.7 Å². The van der Waals surface area contributed by atoms with Gasteiger partial charge in [0.25, 0.3) is 0 Å². The highest BCUT2D eigenvalue weighted by atomic mass is 32.2. The summed E-state index contributed by atoms with van der Waals surface area (Å²) < 4.78 is 26.4. The lowest BCUT2D eigenvalue weighted by Crippen LogP contribution is -2.35. The van der Waals surface area contributed by atoms with Crippen LogP contribution >= 0.6 is 0 Å². The van der Waals surface area contributed by atoms with Gasteiger partial charge in [0, 0.05) is 12.7 Å². The largest absolute Gasteiger partial charge is 0.325 e. The van der Waals surface area contributed by atoms with E-state index in [9.17, 15) is 13.2 Å². The average molecular weight is 360 g/mol. The zero-order valence-corrected chi connectivity index (χ0v) is 16.1. The van der Waals surface area contributed by atoms with Gasteiger partial charge < -0.3 is 5.32 Å². The summed E-state index contributed by atoms with van der Waals surface area (Å²) in [7, 11) is -2.30. The van der Waals surface area contributed by atoms with Crippen LogP contribution in [0.2, 0.25) is 0 Å². The lowest BCUT2D eigenvalue weighted by Gasteiger charge is -2.18. The minimum Gasteiger partial charge on any atom is -0.325 e. The minimum atomic E-state index is -3.71. The van der Waals surface area contributed by atoms with E-state index in [4.69, 9.17) is 0 Å². The molecule has 0 fully saturated rings. The fraction of sp³-hybridized carbons (Fsp3) is 0.316. The van der Waals surface area contributed by atoms with Crippen LogP contribution < -0.4 is 5.32 Å². The number of carbonyl (C=O) groups is 1. The van der Waals surface area contributed by atoms with Crippen molar-refractivity contribution in [1.82, 2.24) is 4.31 Å². The summed E-state index contributed by atoms with van der Waals surface area (Å²) in [6, 6.07) is 10.6. The van der Waals surface area contributed by atoms with Crippen molar-refractivity contribution >= 4 is 21.6 Å². The van der Waals surface area contributed by atoms with E-state index >= 15 is 0 Å². The molecule has 0 aliphatic rings. The number of benzene rings is 2. The highest BCUT2D eigenvalue weighted by Crippen LogP contribution is 2.20. The molecule has 0 atom stereocenters. The van der Waals surface area contributed by atoms with Gasteiger partial charge in [-0.05, 0) is 68.1 Å². The number of sulfonamides is 1. The highest BCUT2D eigenvalue weighted by Gasteiger charge is 2.23. The number of likely N-dealkylation sites (N-methyl/N-ethyl adjacent to an activating group) is 1. The Balaban J connectivity index is 2.14. The molecule has 6 heteroatoms. The smallest absolute Gasteiger partial charge is 0.243 e. The maximum atomic E-state index is 12.7. The van der Waals surface area contributed by atoms with Gasteiger partial charge in [-0.15, -0.1) is 0 Å². The van der Waals surface area contributed by atoms with Crippen LogP contribution in [0.5, 0.6) is 0 Å². The number of amides is 1. The van der Waals surface area contributed by atoms with Gasteiger partial charge >= 0.3 is 0 Å². The summed E-state index contributed by atoms with van der Waals surface area (Å²) in [5.74, 6) is -0.372. The van der Waals surface area contributed by atoms with Crippen molar-refractivity contribution in [2.45, 2.75) is 32.6 Å². The zero-order valence-electron chi connectivity index (χ0n) is 15.3. The van der Waals surface area contributed by atoms with Crippen LogP contribution in [-0.4, -0.2) is 32.2 Å². The molecule has 0 aromatic heterocycles. The Bertz CT molecular complexity index is 905. The molecule has 0 saturated heterocycles. The fourth-order valence-corrected chi connectivity index (χ4v) is 3.63. The van der Waals surface area contributed by atoms with Gasteiger partial charge in [-0.3, -0.25) is 4.79 Å². The quantitative estimate of drug-likeness (QED) is 0.890. The number of anilines is 1. The Morgan fingerprint density at radius 1 is 1.00 bits per heavy atom. The van der Waals surface area contributed by atoms with Crippen LogP contribution in [0.15, 0.2) is 41.3 Å². The van der Waals surface area contributed by atoms with E-state index in [1.807, 2.05) is 39.8 Å². The first-order valence-electron chi connectivity index (χ1n) is 8.02. The second-order valence-corrected chi connectivity index (χ2v) is 8.35. The molecule has 5 nitrogen and oxygen atoms in total. The lowest BCUT2D eigenvalue weighted by atomic mass is 10.1. The summed E-state index contributed by atoms with van der Waals surface area (Å²) in [4.78, 5) is 12.5. The molecule has 0 radical (unpaired) electrons. The van der Waals surface area contributed by atoms with Gasteiger partial charge in [0.1, 0.15) is 0 Å². The Morgan fingerprint density at radius 3 is 2.32 bits per heavy atom. The first-order valence-corrected chi connectivity index (χ1v) is 9.46. The summed E-state index contributed by atoms with van der Waals surface area (Å²) in [5.41, 5.74) is 4.65. The summed E-state index contributed by atoms with van der Waals surface area (Å²) in [6.07, 6.45) is 0. The predicted molar refractivity (Wildman–Crippen MR) is 100 cm³/mol. The van der Waals surface area contributed by atoms with E-state index in [1.54, 1.807) is 24.3 Å². The number of carbonyl (C=O) groups excluding carboxylic acids is 1. The van der Waals surface area contributed by atoms with E-state index < -0.39 is 10.0 Å². The molecule has 2 aromatic carbocycles. The van der Waals surface area contributed by atoms with Gasteiger partial charge in [0.2, 0.25) is 15.9 Å². The number of nitrogens with one attached hydrogen (secondary N) is 1. The molecule has 0 aliphatic carbocycles. The number of hydrogen-bond donors (Lipinski definition) is 1. The fourth-order valence-electron chi connectivity index (χ4n) is 2.42. The molecule has 2 rings (SSSR count). The molecular weight excluding hydrogens is 336 g/mol. The molecule has 0 heterocycles. The number of aryl methyl sites for hydroxylation is 3. The molecule has 2 aromatic rings. The molecule has 0 unspecified atom stereocenters. The van der Waals surface area contributed by atoms with Crippen LogP contribution in [0.25, 0.3) is 0 Å². The first-order chi connectivity index (χ1) is 11.6. The predicted octanol–water partition coefficient (Wildman–Crippen LogP) is 3.18. The number of rotatable bonds is 5. The normalized spacial score (nSPS) is 11.6. The van der Waals surface area contributed by atoms with Crippen LogP contribution in [0, 0.1) is 27.7 Å². The number of nitrogens with zero attached hydrogens (tertiary/aromatic N) is 1. The van der Waals surface area contributed by atoms with Gasteiger partial charge in [-0.25, -0.2) is 8.42 Å². The molecule has 1 amide bonds. The third-order valence-corrected chi connectivity index (χ3v) is 6.23. The molecule has 134 valence electrons. The maximum Gasteiger partial charge on any atom is 0.243 e. The molecular formula is C19H24N2O3S. The van der Waals surface area contributed by atoms with Crippen LogP contribution in [0.4, 0.5) is 5.69 Å². The monoisotopic (exact) mass is 360 g/mol. The van der Waals surface area contributed by atoms with E-state index in [2.05, 4.69) is 5.32 Å². The number of hydrogen-bond acceptors (Lipinski definition) is 3. The van der Waals surface area contributed by atoms with Crippen molar-refractivity contribution in [3.8, 4) is 0 Å². The topological polar surface area (TPSA) is 66.5 Å². The molecule has 0 spiro atoms. The van der Waals surface area contributed by atoms with Crippen molar-refractivity contribution < 1.29 is 13.2 Å². The highest BCUT2D eigenvalue weighted by molar-refractivity contribution is 7.89. The van der Waals surface area contributed by atoms with Crippen LogP contribution in [0.3, 0.4) is 0 Å². The van der Waals surface area contributed by atoms with Gasteiger partial charge in [-0.2, -0.15) is 4.31 Å². The molecule has 0 saturated carbocycles. The Morgan fingerprint density at radius 2 is 1.68 bits per heavy atom. The standard InChI is InChI=1S/C19H24N2O3S/c1-13-9-10-17(11-15(13)3)25(23,24)21(5)12-19(22)20-18-8-6-7-14(2)16(18)4/h6-11H,12H2,1-5H3,(H,20,22). The lowest BCUT2D eigenvalue weighted by molar-refractivity contribution is -0.116. The summed E-state index contributed by atoms with van der Waals surface area (Å²) >= 11 is 0. The van der Waals surface area contributed by atoms with Crippen LogP contribution in [-0.2, 0) is 14.8 Å². The second kappa shape index (κ2) is 7.37. The van der Waals surface area contributed by atoms with Crippen LogP contribution in [0.1, 0.15) is 22.3 Å². The van der Waals surface area contributed by atoms with Crippen molar-refractivity contribution in [2.75, 3.05) is 18.9 Å². The molecule has 0 bridgehead atoms. The van der Waals surface area contributed by atoms with E-state index in [1.165, 1.54) is 7.05 Å². The van der Waals surface area contributed by atoms with E-state index in [0.717, 1.165) is 26.6 Å². The van der Waals surface area contributed by atoms with E-state index in [-0.39, 0.29) is 17.3 Å². The van der Waals surface area contributed by atoms with Gasteiger partial charge in [0.05, 0.1) is 11.4 Å². The van der Waals surface area contributed by atoms with Gasteiger partial charge in [-0.1, -0.05) is 18.2 Å². The Hall–Kier alpha value is -2.18. The third-order valence-electron chi connectivity index (χ3n) is 4.43. The average Bonchev–Trinajstić information content (AvgIpc) is 2.54. The summed E-state index contributed by atoms with van der Waals surface area (Å²) in [5, 5.41) is 2.78. The Labute approximate surface area is 149 Å². The second-order valence-electron chi connectivity index (χ2n) is 6.30. The van der Waals surface area contributed by atoms with Crippen molar-refractivity contribution in [1.29, 1.82) is 0 Å². The molecule has 0 aliphatic heterocycles. The van der Waals surface area contributed by atoms with E-state index in [0.29, 0.717) is 5.69 Å². The zero-order chi connectivity index (χ0) is 18.8. The Kier molecular flexibility index (Phi) is 5.65. The van der Waals surface area contributed by atoms with Crippen molar-refractivity contribution in [3.63, 3.8) is 0 Å². The van der Waals surface area contributed by atoms with Crippen molar-refractivity contribution in [2.24, 2.45) is 0 Å².